The monoisotopic (exact) mass is 410 g/mol. The molecule has 1 heterocycles. The molecule has 0 atom stereocenters. The van der Waals surface area contributed by atoms with Crippen molar-refractivity contribution in [2.24, 2.45) is 0 Å². The summed E-state index contributed by atoms with van der Waals surface area (Å²) in [7, 11) is 1.54. The number of rotatable bonds is 7. The van der Waals surface area contributed by atoms with E-state index in [1.54, 1.807) is 30.3 Å². The molecule has 0 saturated heterocycles. The Labute approximate surface area is 175 Å². The van der Waals surface area contributed by atoms with Crippen LogP contribution < -0.4 is 25.6 Å². The normalized spacial score (nSPS) is 12.7. The smallest absolute Gasteiger partial charge is 0.323 e. The number of hydrogen-bond acceptors (Lipinski definition) is 4. The number of nitrogens with one attached hydrogen (secondary N) is 3. The minimum Gasteiger partial charge on any atom is -0.484 e. The molecule has 0 saturated carbocycles. The molecule has 1 aliphatic heterocycles. The Balaban J connectivity index is 1.63. The number of ether oxygens (including phenoxy) is 1. The Hall–Kier alpha value is -3.55. The van der Waals surface area contributed by atoms with E-state index in [0.717, 1.165) is 17.7 Å². The van der Waals surface area contributed by atoms with Gasteiger partial charge in [0.25, 0.3) is 5.91 Å². The summed E-state index contributed by atoms with van der Waals surface area (Å²) in [6.45, 7) is 2.64. The van der Waals surface area contributed by atoms with Crippen LogP contribution in [0.5, 0.6) is 5.75 Å². The van der Waals surface area contributed by atoms with E-state index in [1.165, 1.54) is 7.05 Å². The number of urea groups is 1. The van der Waals surface area contributed by atoms with Crippen LogP contribution in [0.15, 0.2) is 42.5 Å². The molecule has 4 amide bonds. The third-order valence-electron chi connectivity index (χ3n) is 4.73. The predicted octanol–water partition coefficient (Wildman–Crippen LogP) is 3.14. The summed E-state index contributed by atoms with van der Waals surface area (Å²) < 4.78 is 5.38. The molecular weight excluding hydrogens is 384 g/mol. The van der Waals surface area contributed by atoms with Crippen molar-refractivity contribution in [2.45, 2.75) is 26.2 Å². The van der Waals surface area contributed by atoms with E-state index < -0.39 is 6.03 Å². The number of benzene rings is 2. The molecule has 1 aliphatic rings. The second-order valence-electron chi connectivity index (χ2n) is 6.96. The number of fused-ring (bicyclic) bond motifs is 1. The van der Waals surface area contributed by atoms with Crippen molar-refractivity contribution in [1.82, 2.24) is 5.32 Å². The van der Waals surface area contributed by atoms with Gasteiger partial charge < -0.3 is 25.6 Å². The highest BCUT2D eigenvalue weighted by Gasteiger charge is 2.23. The maximum absolute atomic E-state index is 12.4. The van der Waals surface area contributed by atoms with E-state index in [1.807, 2.05) is 24.0 Å². The van der Waals surface area contributed by atoms with Crippen LogP contribution in [0.25, 0.3) is 0 Å². The number of anilines is 3. The zero-order valence-electron chi connectivity index (χ0n) is 17.2. The van der Waals surface area contributed by atoms with Crippen molar-refractivity contribution in [2.75, 3.05) is 35.7 Å². The first-order chi connectivity index (χ1) is 14.5. The quantitative estimate of drug-likeness (QED) is 0.653. The van der Waals surface area contributed by atoms with Gasteiger partial charge in [0.1, 0.15) is 5.75 Å². The second kappa shape index (κ2) is 9.78. The van der Waals surface area contributed by atoms with E-state index in [9.17, 15) is 14.4 Å². The molecule has 2 aromatic carbocycles. The first kappa shape index (κ1) is 21.2. The molecular formula is C22H26N4O4. The Morgan fingerprint density at radius 3 is 2.57 bits per heavy atom. The molecule has 8 heteroatoms. The number of carbonyl (C=O) groups is 3. The van der Waals surface area contributed by atoms with Crippen molar-refractivity contribution >= 4 is 34.9 Å². The molecule has 0 bridgehead atoms. The van der Waals surface area contributed by atoms with Gasteiger partial charge >= 0.3 is 6.03 Å². The summed E-state index contributed by atoms with van der Waals surface area (Å²) in [6.07, 6.45) is 2.03. The molecule has 158 valence electrons. The topological polar surface area (TPSA) is 99.8 Å². The van der Waals surface area contributed by atoms with Gasteiger partial charge in [-0.1, -0.05) is 13.0 Å². The summed E-state index contributed by atoms with van der Waals surface area (Å²) >= 11 is 0. The van der Waals surface area contributed by atoms with Gasteiger partial charge in [-0.25, -0.2) is 4.79 Å². The molecule has 0 aliphatic carbocycles. The summed E-state index contributed by atoms with van der Waals surface area (Å²) in [4.78, 5) is 37.7. The number of amides is 4. The number of nitrogens with zero attached hydrogens (tertiary/aromatic N) is 1. The lowest BCUT2D eigenvalue weighted by molar-refractivity contribution is -0.122. The molecule has 2 aromatic rings. The Kier molecular flexibility index (Phi) is 6.90. The van der Waals surface area contributed by atoms with Gasteiger partial charge in [0.05, 0.1) is 0 Å². The highest BCUT2D eigenvalue weighted by Crippen LogP contribution is 2.30. The third-order valence-corrected chi connectivity index (χ3v) is 4.73. The van der Waals surface area contributed by atoms with Crippen LogP contribution in [0.3, 0.4) is 0 Å². The molecule has 3 N–H and O–H groups in total. The van der Waals surface area contributed by atoms with E-state index >= 15 is 0 Å². The molecule has 8 nitrogen and oxygen atoms in total. The lowest BCUT2D eigenvalue weighted by Crippen LogP contribution is -2.35. The molecule has 0 unspecified atom stereocenters. The second-order valence-corrected chi connectivity index (χ2v) is 6.96. The van der Waals surface area contributed by atoms with Gasteiger partial charge in [0.15, 0.2) is 6.61 Å². The van der Waals surface area contributed by atoms with Gasteiger partial charge in [-0.2, -0.15) is 0 Å². The summed E-state index contributed by atoms with van der Waals surface area (Å²) in [6, 6.07) is 12.0. The fourth-order valence-corrected chi connectivity index (χ4v) is 3.28. The maximum atomic E-state index is 12.4. The zero-order chi connectivity index (χ0) is 21.5. The van der Waals surface area contributed by atoms with Crippen molar-refractivity contribution in [3.8, 4) is 5.75 Å². The maximum Gasteiger partial charge on any atom is 0.323 e. The summed E-state index contributed by atoms with van der Waals surface area (Å²) in [5.41, 5.74) is 3.16. The van der Waals surface area contributed by atoms with Gasteiger partial charge in [-0.15, -0.1) is 0 Å². The van der Waals surface area contributed by atoms with Crippen LogP contribution in [0.4, 0.5) is 21.9 Å². The van der Waals surface area contributed by atoms with Gasteiger partial charge in [0.2, 0.25) is 5.91 Å². The highest BCUT2D eigenvalue weighted by molar-refractivity contribution is 6.01. The van der Waals surface area contributed by atoms with Crippen LogP contribution >= 0.6 is 0 Å². The molecule has 0 fully saturated rings. The summed E-state index contributed by atoms with van der Waals surface area (Å²) in [5, 5.41) is 8.05. The number of hydrogen-bond donors (Lipinski definition) is 3. The van der Waals surface area contributed by atoms with Gasteiger partial charge in [-0.05, 0) is 48.7 Å². The van der Waals surface area contributed by atoms with E-state index in [-0.39, 0.29) is 18.4 Å². The molecule has 0 aromatic heterocycles. The van der Waals surface area contributed by atoms with E-state index in [2.05, 4.69) is 16.0 Å². The number of likely N-dealkylation sites (N-methyl/N-ethyl adjacent to an activating group) is 1. The largest absolute Gasteiger partial charge is 0.484 e. The van der Waals surface area contributed by atoms with Crippen molar-refractivity contribution in [3.63, 3.8) is 0 Å². The molecule has 0 radical (unpaired) electrons. The molecule has 3 rings (SSSR count). The number of carbonyl (C=O) groups excluding carboxylic acids is 3. The van der Waals surface area contributed by atoms with Crippen molar-refractivity contribution in [3.05, 3.63) is 48.0 Å². The van der Waals surface area contributed by atoms with Gasteiger partial charge in [-0.3, -0.25) is 9.59 Å². The van der Waals surface area contributed by atoms with Crippen LogP contribution in [0, 0.1) is 0 Å². The van der Waals surface area contributed by atoms with Crippen LogP contribution in [-0.4, -0.2) is 38.0 Å². The van der Waals surface area contributed by atoms with Crippen molar-refractivity contribution in [1.29, 1.82) is 0 Å². The van der Waals surface area contributed by atoms with E-state index in [4.69, 9.17) is 4.74 Å². The standard InChI is InChI=1S/C22H26N4O4/c1-3-11-26-19-9-8-17(12-15(19)7-10-21(26)28)25-22(29)24-16-5-4-6-18(13-16)30-14-20(27)23-2/h4-6,8-9,12-13H,3,7,10-11,14H2,1-2H3,(H,23,27)(H2,24,25,29). The predicted molar refractivity (Wildman–Crippen MR) is 116 cm³/mol. The summed E-state index contributed by atoms with van der Waals surface area (Å²) in [5.74, 6) is 0.380. The minimum absolute atomic E-state index is 0.0984. The van der Waals surface area contributed by atoms with Crippen LogP contribution in [-0.2, 0) is 16.0 Å². The minimum atomic E-state index is -0.393. The average Bonchev–Trinajstić information content (AvgIpc) is 2.74. The third kappa shape index (κ3) is 5.28. The lowest BCUT2D eigenvalue weighted by atomic mass is 10.00. The Morgan fingerprint density at radius 1 is 1.07 bits per heavy atom. The average molecular weight is 410 g/mol. The lowest BCUT2D eigenvalue weighted by Gasteiger charge is -2.29. The highest BCUT2D eigenvalue weighted by atomic mass is 16.5. The van der Waals surface area contributed by atoms with Crippen LogP contribution in [0.1, 0.15) is 25.3 Å². The molecule has 30 heavy (non-hydrogen) atoms. The van der Waals surface area contributed by atoms with Gasteiger partial charge in [0, 0.05) is 43.1 Å². The van der Waals surface area contributed by atoms with Crippen LogP contribution in [0.2, 0.25) is 0 Å². The first-order valence-corrected chi connectivity index (χ1v) is 9.95. The van der Waals surface area contributed by atoms with E-state index in [0.29, 0.717) is 36.5 Å². The first-order valence-electron chi connectivity index (χ1n) is 9.95. The fourth-order valence-electron chi connectivity index (χ4n) is 3.28. The fraction of sp³-hybridized carbons (Fsp3) is 0.318. The number of aryl methyl sites for hydroxylation is 1. The molecule has 0 spiro atoms. The zero-order valence-corrected chi connectivity index (χ0v) is 17.2. The van der Waals surface area contributed by atoms with Crippen molar-refractivity contribution < 1.29 is 19.1 Å². The Morgan fingerprint density at radius 2 is 1.83 bits per heavy atom. The SMILES string of the molecule is CCCN1C(=O)CCc2cc(NC(=O)Nc3cccc(OCC(=O)NC)c3)ccc21. The Bertz CT molecular complexity index is 944.